The predicted octanol–water partition coefficient (Wildman–Crippen LogP) is 4.16. The molecule has 2 aromatic heterocycles. The number of aromatic amines is 1. The summed E-state index contributed by atoms with van der Waals surface area (Å²) in [5, 5.41) is 1.66. The van der Waals surface area contributed by atoms with Gasteiger partial charge < -0.3 is 4.98 Å². The molecular formula is C24H18ClN3O3S2. The zero-order chi connectivity index (χ0) is 22.4. The lowest BCUT2D eigenvalue weighted by atomic mass is 9.68. The minimum atomic E-state index is -0.309. The van der Waals surface area contributed by atoms with E-state index in [1.165, 1.54) is 16.2 Å². The van der Waals surface area contributed by atoms with Crippen LogP contribution in [0.15, 0.2) is 58.6 Å². The lowest BCUT2D eigenvalue weighted by Crippen LogP contribution is -2.42. The minimum Gasteiger partial charge on any atom is -0.307 e. The molecule has 9 heteroatoms. The molecule has 166 valence electrons. The maximum Gasteiger partial charge on any atom is 0.305 e. The molecule has 7 atom stereocenters. The summed E-state index contributed by atoms with van der Waals surface area (Å²) in [5.74, 6) is -0.396. The molecule has 4 heterocycles. The first-order valence-electron chi connectivity index (χ1n) is 11.0. The molecule has 7 rings (SSSR count). The van der Waals surface area contributed by atoms with Crippen LogP contribution < -0.4 is 9.77 Å². The van der Waals surface area contributed by atoms with E-state index in [9.17, 15) is 14.4 Å². The van der Waals surface area contributed by atoms with Crippen LogP contribution in [0.1, 0.15) is 22.8 Å². The molecule has 2 saturated carbocycles. The molecule has 1 aromatic carbocycles. The number of halogens is 1. The van der Waals surface area contributed by atoms with E-state index in [1.54, 1.807) is 42.2 Å². The molecule has 3 fully saturated rings. The highest BCUT2D eigenvalue weighted by Crippen LogP contribution is 2.68. The van der Waals surface area contributed by atoms with Crippen molar-refractivity contribution >= 4 is 52.2 Å². The van der Waals surface area contributed by atoms with Crippen molar-refractivity contribution in [2.24, 2.45) is 29.6 Å². The molecular weight excluding hydrogens is 478 g/mol. The van der Waals surface area contributed by atoms with Crippen LogP contribution in [-0.2, 0) is 9.59 Å². The molecule has 33 heavy (non-hydrogen) atoms. The van der Waals surface area contributed by atoms with E-state index in [0.717, 1.165) is 21.9 Å². The topological polar surface area (TPSA) is 83.1 Å². The Labute approximate surface area is 202 Å². The Morgan fingerprint density at radius 1 is 1.03 bits per heavy atom. The van der Waals surface area contributed by atoms with Crippen LogP contribution in [0.3, 0.4) is 0 Å². The van der Waals surface area contributed by atoms with Gasteiger partial charge in [0.2, 0.25) is 11.8 Å². The first kappa shape index (κ1) is 20.0. The number of fused-ring (bicyclic) bond motifs is 9. The van der Waals surface area contributed by atoms with Gasteiger partial charge in [-0.3, -0.25) is 24.3 Å². The van der Waals surface area contributed by atoms with Crippen molar-refractivity contribution in [2.45, 2.75) is 22.6 Å². The van der Waals surface area contributed by atoms with Crippen LogP contribution in [0.5, 0.6) is 0 Å². The number of anilines is 1. The highest BCUT2D eigenvalue weighted by Gasteiger charge is 2.69. The van der Waals surface area contributed by atoms with Crippen LogP contribution in [0.4, 0.5) is 5.69 Å². The summed E-state index contributed by atoms with van der Waals surface area (Å²) in [7, 11) is 0. The Kier molecular flexibility index (Phi) is 4.27. The van der Waals surface area contributed by atoms with Crippen LogP contribution >= 0.6 is 34.7 Å². The number of hydrogen-bond donors (Lipinski definition) is 1. The monoisotopic (exact) mass is 495 g/mol. The van der Waals surface area contributed by atoms with Gasteiger partial charge in [0.05, 0.1) is 22.5 Å². The van der Waals surface area contributed by atoms with Crippen molar-refractivity contribution < 1.29 is 9.59 Å². The average Bonchev–Trinajstić information content (AvgIpc) is 3.54. The van der Waals surface area contributed by atoms with Crippen LogP contribution in [0.2, 0.25) is 5.02 Å². The molecule has 2 aliphatic heterocycles. The third-order valence-corrected chi connectivity index (χ3v) is 10.7. The van der Waals surface area contributed by atoms with Crippen molar-refractivity contribution in [1.29, 1.82) is 0 Å². The summed E-state index contributed by atoms with van der Waals surface area (Å²) in [4.78, 5) is 49.2. The average molecular weight is 496 g/mol. The molecule has 1 N–H and O–H groups in total. The second-order valence-corrected chi connectivity index (χ2v) is 11.9. The van der Waals surface area contributed by atoms with Crippen molar-refractivity contribution in [2.75, 3.05) is 4.90 Å². The standard InChI is InChI=1S/C24H18ClN3O3S2/c25-11-3-5-12(6-4-11)28-22(29)17-13-8-14(18(17)23(28)30)19-16(13)15(10-2-1-7-26-9-10)20-21(32-19)27-24(31)33-20/h1-7,9,13-19H,8H2,(H,27,31)/t13-,14-,15?,16?,17?,18?,19?/m1/s1. The number of carbonyl (C=O) groups is 2. The third-order valence-electron chi connectivity index (χ3n) is 7.85. The van der Waals surface area contributed by atoms with Gasteiger partial charge in [-0.15, -0.1) is 11.8 Å². The van der Waals surface area contributed by atoms with Crippen LogP contribution in [0.25, 0.3) is 0 Å². The first-order valence-corrected chi connectivity index (χ1v) is 13.0. The number of pyridine rings is 1. The molecule has 6 nitrogen and oxygen atoms in total. The number of hydrogen-bond acceptors (Lipinski definition) is 6. The van der Waals surface area contributed by atoms with Crippen LogP contribution in [-0.4, -0.2) is 27.0 Å². The number of carbonyl (C=O) groups excluding carboxylic acids is 2. The molecule has 3 aromatic rings. The summed E-state index contributed by atoms with van der Waals surface area (Å²) in [5.41, 5.74) is 1.66. The Hall–Kier alpha value is -2.42. The smallest absolute Gasteiger partial charge is 0.305 e. The lowest BCUT2D eigenvalue weighted by molar-refractivity contribution is -0.123. The van der Waals surface area contributed by atoms with Gasteiger partial charge >= 0.3 is 4.87 Å². The number of H-pyrrole nitrogens is 1. The van der Waals surface area contributed by atoms with Crippen molar-refractivity contribution in [1.82, 2.24) is 9.97 Å². The van der Waals surface area contributed by atoms with Gasteiger partial charge in [0.1, 0.15) is 0 Å². The maximum atomic E-state index is 13.6. The van der Waals surface area contributed by atoms with E-state index >= 15 is 0 Å². The number of nitrogens with zero attached hydrogens (tertiary/aromatic N) is 2. The number of amides is 2. The Balaban J connectivity index is 1.33. The van der Waals surface area contributed by atoms with E-state index in [4.69, 9.17) is 11.6 Å². The number of rotatable bonds is 2. The van der Waals surface area contributed by atoms with Gasteiger partial charge in [0.25, 0.3) is 0 Å². The summed E-state index contributed by atoms with van der Waals surface area (Å²) < 4.78 is 0. The van der Waals surface area contributed by atoms with Gasteiger partial charge in [-0.1, -0.05) is 29.0 Å². The van der Waals surface area contributed by atoms with Gasteiger partial charge in [0.15, 0.2) is 0 Å². The fourth-order valence-corrected chi connectivity index (χ4v) is 9.81. The van der Waals surface area contributed by atoms with Crippen molar-refractivity contribution in [3.05, 3.63) is 73.9 Å². The van der Waals surface area contributed by atoms with E-state index in [2.05, 4.69) is 16.0 Å². The summed E-state index contributed by atoms with van der Waals surface area (Å²) in [6.07, 6.45) is 4.50. The van der Waals surface area contributed by atoms with E-state index in [0.29, 0.717) is 10.7 Å². The number of nitrogens with one attached hydrogen (secondary N) is 1. The highest BCUT2D eigenvalue weighted by atomic mass is 35.5. The largest absolute Gasteiger partial charge is 0.307 e. The van der Waals surface area contributed by atoms with Gasteiger partial charge in [-0.25, -0.2) is 0 Å². The Morgan fingerprint density at radius 2 is 1.79 bits per heavy atom. The van der Waals surface area contributed by atoms with Crippen molar-refractivity contribution in [3.63, 3.8) is 0 Å². The summed E-state index contributed by atoms with van der Waals surface area (Å²) in [6.45, 7) is 0. The van der Waals surface area contributed by atoms with Gasteiger partial charge in [0, 0.05) is 33.5 Å². The number of benzene rings is 1. The number of thiazole rings is 1. The van der Waals surface area contributed by atoms with Gasteiger partial charge in [-0.05, 0) is 60.1 Å². The first-order chi connectivity index (χ1) is 16.0. The molecule has 0 spiro atoms. The molecule has 1 saturated heterocycles. The molecule has 2 amide bonds. The Bertz CT molecular complexity index is 1360. The maximum absolute atomic E-state index is 13.6. The third kappa shape index (κ3) is 2.68. The second-order valence-electron chi connectivity index (χ2n) is 9.24. The summed E-state index contributed by atoms with van der Waals surface area (Å²) >= 11 is 8.98. The van der Waals surface area contributed by atoms with E-state index < -0.39 is 0 Å². The molecule has 2 aliphatic carbocycles. The number of thioether (sulfide) groups is 1. The van der Waals surface area contributed by atoms with E-state index in [-0.39, 0.29) is 57.4 Å². The lowest BCUT2D eigenvalue weighted by Gasteiger charge is -2.42. The number of aromatic nitrogens is 2. The minimum absolute atomic E-state index is 0.00679. The second kappa shape index (κ2) is 7.04. The predicted molar refractivity (Wildman–Crippen MR) is 127 cm³/mol. The quantitative estimate of drug-likeness (QED) is 0.540. The molecule has 5 unspecified atom stereocenters. The molecule has 0 radical (unpaired) electrons. The zero-order valence-electron chi connectivity index (χ0n) is 17.2. The number of imide groups is 1. The van der Waals surface area contributed by atoms with Crippen LogP contribution in [0, 0.1) is 29.6 Å². The SMILES string of the molecule is O=C1C2C(C(=O)N1c1ccc(Cl)cc1)[C@@H]1C[C@H]2C2Sc3[nH]c(=O)sc3C(c3cccnc3)C21. The molecule has 4 aliphatic rings. The highest BCUT2D eigenvalue weighted by molar-refractivity contribution is 8.00. The zero-order valence-corrected chi connectivity index (χ0v) is 19.6. The van der Waals surface area contributed by atoms with Crippen molar-refractivity contribution in [3.8, 4) is 0 Å². The van der Waals surface area contributed by atoms with Gasteiger partial charge in [-0.2, -0.15) is 0 Å². The molecule has 2 bridgehead atoms. The fraction of sp³-hybridized carbons (Fsp3) is 0.333. The Morgan fingerprint density at radius 3 is 2.52 bits per heavy atom. The summed E-state index contributed by atoms with van der Waals surface area (Å²) in [6, 6.07) is 10.9. The fourth-order valence-electron chi connectivity index (χ4n) is 6.79. The van der Waals surface area contributed by atoms with E-state index in [1.807, 2.05) is 12.3 Å². The normalized spacial score (nSPS) is 33.8.